The van der Waals surface area contributed by atoms with Crippen molar-refractivity contribution in [2.75, 3.05) is 12.3 Å². The van der Waals surface area contributed by atoms with E-state index in [0.717, 1.165) is 17.7 Å². The van der Waals surface area contributed by atoms with E-state index in [9.17, 15) is 13.6 Å². The highest BCUT2D eigenvalue weighted by Gasteiger charge is 2.45. The van der Waals surface area contributed by atoms with Crippen LogP contribution in [-0.2, 0) is 11.2 Å². The van der Waals surface area contributed by atoms with Crippen LogP contribution in [0.2, 0.25) is 0 Å². The topological polar surface area (TPSA) is 55.1 Å². The van der Waals surface area contributed by atoms with Gasteiger partial charge in [0.1, 0.15) is 11.6 Å². The second kappa shape index (κ2) is 7.62. The average molecular weight is 353 g/mol. The Morgan fingerprint density at radius 3 is 2.58 bits per heavy atom. The molecular weight excluding hydrogens is 334 g/mol. The molecule has 1 amide bonds. The van der Waals surface area contributed by atoms with Crippen molar-refractivity contribution in [1.82, 2.24) is 5.32 Å². The fraction of sp³-hybridized carbons (Fsp3) is 0.278. The molecule has 2 unspecified atom stereocenters. The van der Waals surface area contributed by atoms with Crippen LogP contribution in [0.1, 0.15) is 23.5 Å². The summed E-state index contributed by atoms with van der Waals surface area (Å²) in [6.45, 7) is 0.512. The maximum absolute atomic E-state index is 13.7. The van der Waals surface area contributed by atoms with Crippen LogP contribution in [0.25, 0.3) is 0 Å². The zero-order chi connectivity index (χ0) is 16.4. The third-order valence-electron chi connectivity index (χ3n) is 4.18. The summed E-state index contributed by atoms with van der Waals surface area (Å²) in [5, 5.41) is 2.86. The van der Waals surface area contributed by atoms with E-state index in [0.29, 0.717) is 30.6 Å². The molecule has 1 fully saturated rings. The van der Waals surface area contributed by atoms with Crippen molar-refractivity contribution >= 4 is 24.0 Å². The molecule has 3 rings (SSSR count). The highest BCUT2D eigenvalue weighted by atomic mass is 35.5. The lowest BCUT2D eigenvalue weighted by Gasteiger charge is -2.06. The predicted octanol–water partition coefficient (Wildman–Crippen LogP) is 3.43. The van der Waals surface area contributed by atoms with Crippen LogP contribution in [0.3, 0.4) is 0 Å². The van der Waals surface area contributed by atoms with Gasteiger partial charge in [-0.15, -0.1) is 12.4 Å². The van der Waals surface area contributed by atoms with Crippen LogP contribution < -0.4 is 11.1 Å². The number of nitrogen functional groups attached to an aromatic ring is 1. The average Bonchev–Trinajstić information content (AvgIpc) is 3.32. The zero-order valence-corrected chi connectivity index (χ0v) is 13.8. The summed E-state index contributed by atoms with van der Waals surface area (Å²) in [4.78, 5) is 12.1. The van der Waals surface area contributed by atoms with Crippen molar-refractivity contribution in [3.63, 3.8) is 0 Å². The molecule has 1 aliphatic carbocycles. The maximum Gasteiger partial charge on any atom is 0.223 e. The molecule has 0 aromatic heterocycles. The van der Waals surface area contributed by atoms with Gasteiger partial charge in [0.05, 0.1) is 0 Å². The first-order valence-electron chi connectivity index (χ1n) is 7.61. The van der Waals surface area contributed by atoms with Gasteiger partial charge in [-0.2, -0.15) is 0 Å². The fourth-order valence-corrected chi connectivity index (χ4v) is 2.77. The lowest BCUT2D eigenvalue weighted by atomic mass is 10.1. The van der Waals surface area contributed by atoms with E-state index in [4.69, 9.17) is 5.73 Å². The summed E-state index contributed by atoms with van der Waals surface area (Å²) in [7, 11) is 0. The van der Waals surface area contributed by atoms with Gasteiger partial charge in [0.15, 0.2) is 0 Å². The van der Waals surface area contributed by atoms with Gasteiger partial charge in [-0.1, -0.05) is 12.1 Å². The molecule has 2 aromatic carbocycles. The van der Waals surface area contributed by atoms with Crippen LogP contribution in [0.5, 0.6) is 0 Å². The van der Waals surface area contributed by atoms with Crippen LogP contribution in [0.15, 0.2) is 42.5 Å². The molecule has 0 heterocycles. The Hall–Kier alpha value is -2.14. The highest BCUT2D eigenvalue weighted by molar-refractivity contribution is 5.85. The summed E-state index contributed by atoms with van der Waals surface area (Å²) in [5.41, 5.74) is 7.70. The molecule has 2 aromatic rings. The number of carbonyl (C=O) groups excluding carboxylic acids is 1. The molecule has 0 spiro atoms. The van der Waals surface area contributed by atoms with Gasteiger partial charge in [-0.3, -0.25) is 4.79 Å². The second-order valence-electron chi connectivity index (χ2n) is 5.90. The van der Waals surface area contributed by atoms with Gasteiger partial charge in [0.2, 0.25) is 5.91 Å². The van der Waals surface area contributed by atoms with E-state index in [2.05, 4.69) is 5.32 Å². The molecule has 0 bridgehead atoms. The van der Waals surface area contributed by atoms with Gasteiger partial charge in [-0.05, 0) is 60.2 Å². The molecule has 128 valence electrons. The zero-order valence-electron chi connectivity index (χ0n) is 13.0. The smallest absolute Gasteiger partial charge is 0.223 e. The van der Waals surface area contributed by atoms with Crippen molar-refractivity contribution in [3.8, 4) is 0 Å². The number of halogens is 3. The maximum atomic E-state index is 13.7. The molecule has 2 atom stereocenters. The van der Waals surface area contributed by atoms with E-state index in [1.54, 1.807) is 0 Å². The molecule has 6 heteroatoms. The molecule has 0 saturated heterocycles. The quantitative estimate of drug-likeness (QED) is 0.810. The summed E-state index contributed by atoms with van der Waals surface area (Å²) in [5.74, 6) is -1.52. The summed E-state index contributed by atoms with van der Waals surface area (Å²) in [6, 6.07) is 10.9. The third-order valence-corrected chi connectivity index (χ3v) is 4.18. The minimum absolute atomic E-state index is 0. The number of nitrogens with two attached hydrogens (primary N) is 1. The number of carbonyl (C=O) groups is 1. The summed E-state index contributed by atoms with van der Waals surface area (Å²) < 4.78 is 26.9. The Kier molecular flexibility index (Phi) is 5.78. The molecule has 0 aliphatic heterocycles. The first-order chi connectivity index (χ1) is 11.0. The van der Waals surface area contributed by atoms with Gasteiger partial charge in [0.25, 0.3) is 0 Å². The number of benzene rings is 2. The van der Waals surface area contributed by atoms with Crippen molar-refractivity contribution in [2.45, 2.75) is 18.8 Å². The number of nitrogens with one attached hydrogen (secondary N) is 1. The number of anilines is 1. The Morgan fingerprint density at radius 1 is 1.17 bits per heavy atom. The Labute approximate surface area is 145 Å². The Balaban J connectivity index is 0.00000208. The molecule has 3 nitrogen and oxygen atoms in total. The first kappa shape index (κ1) is 18.2. The van der Waals surface area contributed by atoms with Crippen molar-refractivity contribution in [3.05, 3.63) is 65.2 Å². The fourth-order valence-electron chi connectivity index (χ4n) is 2.77. The summed E-state index contributed by atoms with van der Waals surface area (Å²) in [6.07, 6.45) is 1.27. The highest BCUT2D eigenvalue weighted by Crippen LogP contribution is 2.48. The molecule has 24 heavy (non-hydrogen) atoms. The standard InChI is InChI=1S/C18H18F2N2O.ClH/c19-12-3-6-17(20)15(9-12)14-10-16(14)18(23)22-8-7-11-1-4-13(21)5-2-11;/h1-6,9,14,16H,7-8,10,21H2,(H,22,23);1H. The lowest BCUT2D eigenvalue weighted by molar-refractivity contribution is -0.122. The molecule has 0 radical (unpaired) electrons. The van der Waals surface area contributed by atoms with Gasteiger partial charge < -0.3 is 11.1 Å². The molecule has 1 saturated carbocycles. The van der Waals surface area contributed by atoms with Gasteiger partial charge in [0, 0.05) is 18.2 Å². The van der Waals surface area contributed by atoms with E-state index in [1.165, 1.54) is 6.07 Å². The van der Waals surface area contributed by atoms with Crippen LogP contribution in [0, 0.1) is 17.6 Å². The molecule has 3 N–H and O–H groups in total. The van der Waals surface area contributed by atoms with Gasteiger partial charge in [-0.25, -0.2) is 8.78 Å². The Morgan fingerprint density at radius 2 is 1.88 bits per heavy atom. The number of hydrogen-bond donors (Lipinski definition) is 2. The number of amides is 1. The van der Waals surface area contributed by atoms with E-state index in [1.807, 2.05) is 24.3 Å². The first-order valence-corrected chi connectivity index (χ1v) is 7.61. The minimum atomic E-state index is -0.476. The van der Waals surface area contributed by atoms with Crippen LogP contribution >= 0.6 is 12.4 Å². The van der Waals surface area contributed by atoms with Crippen molar-refractivity contribution in [2.24, 2.45) is 5.92 Å². The molecular formula is C18H19ClF2N2O. The number of hydrogen-bond acceptors (Lipinski definition) is 2. The second-order valence-corrected chi connectivity index (χ2v) is 5.90. The molecule has 1 aliphatic rings. The van der Waals surface area contributed by atoms with E-state index in [-0.39, 0.29) is 30.2 Å². The van der Waals surface area contributed by atoms with Crippen LogP contribution in [-0.4, -0.2) is 12.5 Å². The number of rotatable bonds is 5. The predicted molar refractivity (Wildman–Crippen MR) is 92.0 cm³/mol. The Bertz CT molecular complexity index is 721. The SMILES string of the molecule is Cl.Nc1ccc(CCNC(=O)C2CC2c2cc(F)ccc2F)cc1. The third kappa shape index (κ3) is 4.23. The largest absolute Gasteiger partial charge is 0.399 e. The van der Waals surface area contributed by atoms with Crippen molar-refractivity contribution < 1.29 is 13.6 Å². The lowest BCUT2D eigenvalue weighted by Crippen LogP contribution is -2.27. The van der Waals surface area contributed by atoms with E-state index >= 15 is 0 Å². The monoisotopic (exact) mass is 352 g/mol. The van der Waals surface area contributed by atoms with Gasteiger partial charge >= 0.3 is 0 Å². The van der Waals surface area contributed by atoms with Crippen molar-refractivity contribution in [1.29, 1.82) is 0 Å². The summed E-state index contributed by atoms with van der Waals surface area (Å²) >= 11 is 0. The van der Waals surface area contributed by atoms with Crippen LogP contribution in [0.4, 0.5) is 14.5 Å². The normalized spacial score (nSPS) is 18.6. The minimum Gasteiger partial charge on any atom is -0.399 e. The van der Waals surface area contributed by atoms with E-state index < -0.39 is 11.6 Å².